The fraction of sp³-hybridized carbons (Fsp3) is 0.0588. The predicted octanol–water partition coefficient (Wildman–Crippen LogP) is 4.55. The number of nitrogens with zero attached hydrogens (tertiary/aromatic N) is 3. The maximum absolute atomic E-state index is 6.10. The van der Waals surface area contributed by atoms with Crippen molar-refractivity contribution in [1.82, 2.24) is 14.9 Å². The molecule has 0 saturated heterocycles. The molecule has 114 valence electrons. The topological polar surface area (TPSA) is 42.7 Å². The van der Waals surface area contributed by atoms with E-state index in [0.717, 1.165) is 27.8 Å². The molecule has 0 aliphatic carbocycles. The molecule has 1 aliphatic heterocycles. The maximum atomic E-state index is 6.10. The molecule has 2 aromatic carbocycles. The standard InChI is InChI=1S/C17H13ClN4S/c1-11-5-2-3-8-14(11)15-10-23-17-20-19-16(22(17)21-15)12-6-4-7-13(18)9-12/h2-10,21H,1H3. The number of benzene rings is 2. The lowest BCUT2D eigenvalue weighted by Crippen LogP contribution is -2.18. The summed E-state index contributed by atoms with van der Waals surface area (Å²) in [5.74, 6) is 0.745. The number of hydrogen-bond donors (Lipinski definition) is 1. The molecule has 2 heterocycles. The van der Waals surface area contributed by atoms with Gasteiger partial charge in [0.15, 0.2) is 5.82 Å². The van der Waals surface area contributed by atoms with Crippen molar-refractivity contribution in [2.45, 2.75) is 12.1 Å². The lowest BCUT2D eigenvalue weighted by atomic mass is 10.1. The van der Waals surface area contributed by atoms with Crippen LogP contribution in [0, 0.1) is 6.92 Å². The summed E-state index contributed by atoms with van der Waals surface area (Å²) in [6.45, 7) is 2.10. The Morgan fingerprint density at radius 3 is 2.78 bits per heavy atom. The summed E-state index contributed by atoms with van der Waals surface area (Å²) >= 11 is 7.65. The van der Waals surface area contributed by atoms with Gasteiger partial charge in [-0.1, -0.05) is 59.8 Å². The molecule has 0 fully saturated rings. The minimum absolute atomic E-state index is 0.679. The number of thioether (sulfide) groups is 1. The Labute approximate surface area is 143 Å². The van der Waals surface area contributed by atoms with E-state index in [1.807, 2.05) is 41.1 Å². The molecule has 0 unspecified atom stereocenters. The lowest BCUT2D eigenvalue weighted by Gasteiger charge is -2.20. The van der Waals surface area contributed by atoms with Crippen LogP contribution in [0.3, 0.4) is 0 Å². The number of aryl methyl sites for hydroxylation is 1. The van der Waals surface area contributed by atoms with Gasteiger partial charge in [-0.05, 0) is 24.6 Å². The molecule has 1 N–H and O–H groups in total. The molecule has 0 radical (unpaired) electrons. The number of halogens is 1. The summed E-state index contributed by atoms with van der Waals surface area (Å²) < 4.78 is 1.90. The highest BCUT2D eigenvalue weighted by Crippen LogP contribution is 2.32. The number of hydrogen-bond acceptors (Lipinski definition) is 4. The Balaban J connectivity index is 1.74. The van der Waals surface area contributed by atoms with Crippen molar-refractivity contribution >= 4 is 29.1 Å². The van der Waals surface area contributed by atoms with Crippen LogP contribution in [0.25, 0.3) is 17.1 Å². The second kappa shape index (κ2) is 5.76. The van der Waals surface area contributed by atoms with Crippen LogP contribution in [-0.4, -0.2) is 14.9 Å². The molecular formula is C17H13ClN4S. The van der Waals surface area contributed by atoms with Crippen molar-refractivity contribution in [2.75, 3.05) is 5.43 Å². The van der Waals surface area contributed by atoms with Crippen LogP contribution in [0.1, 0.15) is 11.1 Å². The minimum atomic E-state index is 0.679. The van der Waals surface area contributed by atoms with Gasteiger partial charge in [-0.3, -0.25) is 5.43 Å². The average Bonchev–Trinajstić information content (AvgIpc) is 2.98. The van der Waals surface area contributed by atoms with Crippen molar-refractivity contribution in [3.05, 3.63) is 70.1 Å². The van der Waals surface area contributed by atoms with Gasteiger partial charge in [-0.25, -0.2) is 4.68 Å². The quantitative estimate of drug-likeness (QED) is 0.743. The first kappa shape index (κ1) is 14.4. The van der Waals surface area contributed by atoms with Crippen molar-refractivity contribution in [1.29, 1.82) is 0 Å². The molecule has 0 bridgehead atoms. The van der Waals surface area contributed by atoms with E-state index in [4.69, 9.17) is 11.6 Å². The van der Waals surface area contributed by atoms with Gasteiger partial charge in [0.25, 0.3) is 0 Å². The molecule has 3 aromatic rings. The minimum Gasteiger partial charge on any atom is -0.289 e. The van der Waals surface area contributed by atoms with Gasteiger partial charge in [0.1, 0.15) is 0 Å². The first-order chi connectivity index (χ1) is 11.2. The molecule has 1 aromatic heterocycles. The number of fused-ring (bicyclic) bond motifs is 1. The average molecular weight is 341 g/mol. The lowest BCUT2D eigenvalue weighted by molar-refractivity contribution is 0.825. The van der Waals surface area contributed by atoms with E-state index in [1.54, 1.807) is 11.8 Å². The van der Waals surface area contributed by atoms with Gasteiger partial charge in [0.05, 0.1) is 5.70 Å². The van der Waals surface area contributed by atoms with Crippen LogP contribution in [0.15, 0.2) is 59.1 Å². The Morgan fingerprint density at radius 2 is 1.96 bits per heavy atom. The Morgan fingerprint density at radius 1 is 1.09 bits per heavy atom. The SMILES string of the molecule is Cc1ccccc1C1=CSc2nnc(-c3cccc(Cl)c3)n2N1. The van der Waals surface area contributed by atoms with Crippen LogP contribution < -0.4 is 5.43 Å². The molecule has 0 spiro atoms. The number of rotatable bonds is 2. The van der Waals surface area contributed by atoms with Crippen molar-refractivity contribution in [2.24, 2.45) is 0 Å². The van der Waals surface area contributed by atoms with Crippen molar-refractivity contribution < 1.29 is 0 Å². The van der Waals surface area contributed by atoms with Gasteiger partial charge in [0, 0.05) is 21.6 Å². The zero-order valence-electron chi connectivity index (χ0n) is 12.3. The highest BCUT2D eigenvalue weighted by atomic mass is 35.5. The van der Waals surface area contributed by atoms with E-state index in [-0.39, 0.29) is 0 Å². The summed E-state index contributed by atoms with van der Waals surface area (Å²) in [4.78, 5) is 0. The van der Waals surface area contributed by atoms with E-state index in [0.29, 0.717) is 5.02 Å². The first-order valence-electron chi connectivity index (χ1n) is 7.13. The van der Waals surface area contributed by atoms with Gasteiger partial charge in [-0.15, -0.1) is 10.2 Å². The van der Waals surface area contributed by atoms with E-state index >= 15 is 0 Å². The Kier molecular flexibility index (Phi) is 3.59. The van der Waals surface area contributed by atoms with Gasteiger partial charge >= 0.3 is 0 Å². The smallest absolute Gasteiger partial charge is 0.214 e. The van der Waals surface area contributed by atoms with Crippen LogP contribution in [0.5, 0.6) is 0 Å². The molecule has 0 saturated carbocycles. The molecule has 23 heavy (non-hydrogen) atoms. The third-order valence-corrected chi connectivity index (χ3v) is 4.73. The van der Waals surface area contributed by atoms with E-state index in [1.165, 1.54) is 5.56 Å². The van der Waals surface area contributed by atoms with Crippen molar-refractivity contribution in [3.8, 4) is 11.4 Å². The largest absolute Gasteiger partial charge is 0.289 e. The fourth-order valence-electron chi connectivity index (χ4n) is 2.52. The highest BCUT2D eigenvalue weighted by molar-refractivity contribution is 8.02. The molecule has 4 rings (SSSR count). The molecule has 4 nitrogen and oxygen atoms in total. The second-order valence-corrected chi connectivity index (χ2v) is 6.50. The molecular weight excluding hydrogens is 328 g/mol. The third-order valence-electron chi connectivity index (χ3n) is 3.67. The fourth-order valence-corrected chi connectivity index (χ4v) is 3.44. The monoisotopic (exact) mass is 340 g/mol. The van der Waals surface area contributed by atoms with E-state index in [2.05, 4.69) is 40.1 Å². The highest BCUT2D eigenvalue weighted by Gasteiger charge is 2.20. The van der Waals surface area contributed by atoms with Gasteiger partial charge < -0.3 is 0 Å². The summed E-state index contributed by atoms with van der Waals surface area (Å²) in [6.07, 6.45) is 0. The number of nitrogens with one attached hydrogen (secondary N) is 1. The normalized spacial score (nSPS) is 13.2. The zero-order valence-corrected chi connectivity index (χ0v) is 13.9. The van der Waals surface area contributed by atoms with Gasteiger partial charge in [-0.2, -0.15) is 0 Å². The third kappa shape index (κ3) is 2.62. The Bertz CT molecular complexity index is 916. The zero-order chi connectivity index (χ0) is 15.8. The summed E-state index contributed by atoms with van der Waals surface area (Å²) in [5.41, 5.74) is 7.75. The summed E-state index contributed by atoms with van der Waals surface area (Å²) in [6, 6.07) is 15.9. The summed E-state index contributed by atoms with van der Waals surface area (Å²) in [7, 11) is 0. The second-order valence-electron chi connectivity index (χ2n) is 5.23. The molecule has 0 amide bonds. The molecule has 6 heteroatoms. The van der Waals surface area contributed by atoms with Crippen molar-refractivity contribution in [3.63, 3.8) is 0 Å². The van der Waals surface area contributed by atoms with Crippen LogP contribution >= 0.6 is 23.4 Å². The molecule has 1 aliphatic rings. The van der Waals surface area contributed by atoms with Crippen LogP contribution in [0.4, 0.5) is 0 Å². The van der Waals surface area contributed by atoms with E-state index < -0.39 is 0 Å². The summed E-state index contributed by atoms with van der Waals surface area (Å²) in [5, 5.41) is 12.1. The van der Waals surface area contributed by atoms with Gasteiger partial charge in [0.2, 0.25) is 5.16 Å². The number of aromatic nitrogens is 3. The maximum Gasteiger partial charge on any atom is 0.214 e. The van der Waals surface area contributed by atoms with Crippen LogP contribution in [-0.2, 0) is 0 Å². The Hall–Kier alpha value is -2.24. The van der Waals surface area contributed by atoms with E-state index in [9.17, 15) is 0 Å². The molecule has 0 atom stereocenters. The van der Waals surface area contributed by atoms with Crippen LogP contribution in [0.2, 0.25) is 5.02 Å². The first-order valence-corrected chi connectivity index (χ1v) is 8.39. The predicted molar refractivity (Wildman–Crippen MR) is 94.8 cm³/mol.